The SMILES string of the molecule is CC[C@@]1(OC(C)(C)C)C(=O)OCc2c1cc1n(c2=O)Cc2c-1nc1cc(F)c(Cl)c3c1c2[C@@H](NC(=O)CO)CC3. The zero-order valence-corrected chi connectivity index (χ0v) is 23.4. The average molecular weight is 570 g/mol. The molecule has 1 aliphatic carbocycles. The number of hydrogen-bond donors (Lipinski definition) is 2. The normalized spacial score (nSPS) is 21.1. The summed E-state index contributed by atoms with van der Waals surface area (Å²) in [5.74, 6) is -1.71. The Kier molecular flexibility index (Phi) is 6.10. The Bertz CT molecular complexity index is 1690. The number of ether oxygens (including phenoxy) is 2. The molecule has 0 saturated heterocycles. The van der Waals surface area contributed by atoms with Crippen molar-refractivity contribution in [1.29, 1.82) is 0 Å². The molecule has 6 rings (SSSR count). The van der Waals surface area contributed by atoms with Gasteiger partial charge in [0.2, 0.25) is 5.91 Å². The molecule has 1 aromatic carbocycles. The third-order valence-electron chi connectivity index (χ3n) is 7.97. The molecule has 3 aromatic rings. The van der Waals surface area contributed by atoms with Crippen LogP contribution >= 0.6 is 11.6 Å². The summed E-state index contributed by atoms with van der Waals surface area (Å²) in [6.45, 7) is 6.59. The molecule has 1 amide bonds. The molecule has 40 heavy (non-hydrogen) atoms. The Morgan fingerprint density at radius 3 is 2.73 bits per heavy atom. The number of hydrogen-bond acceptors (Lipinski definition) is 7. The zero-order valence-electron chi connectivity index (χ0n) is 22.6. The van der Waals surface area contributed by atoms with Crippen LogP contribution in [-0.2, 0) is 44.2 Å². The molecule has 3 aliphatic rings. The minimum Gasteiger partial charge on any atom is -0.458 e. The number of aromatic nitrogens is 2. The molecule has 2 N–H and O–H groups in total. The van der Waals surface area contributed by atoms with Crippen LogP contribution in [0, 0.1) is 5.82 Å². The number of fused-ring (bicyclic) bond motifs is 5. The summed E-state index contributed by atoms with van der Waals surface area (Å²) in [5.41, 5.74) is 1.50. The predicted octanol–water partition coefficient (Wildman–Crippen LogP) is 3.79. The van der Waals surface area contributed by atoms with Crippen molar-refractivity contribution in [2.45, 2.75) is 77.4 Å². The van der Waals surface area contributed by atoms with E-state index in [1.54, 1.807) is 17.6 Å². The molecule has 210 valence electrons. The second-order valence-corrected chi connectivity index (χ2v) is 11.9. The first kappa shape index (κ1) is 26.9. The lowest BCUT2D eigenvalue weighted by Crippen LogP contribution is -2.49. The van der Waals surface area contributed by atoms with Gasteiger partial charge in [-0.15, -0.1) is 0 Å². The van der Waals surface area contributed by atoms with Gasteiger partial charge in [0, 0.05) is 22.6 Å². The first-order valence-electron chi connectivity index (χ1n) is 13.3. The molecule has 0 radical (unpaired) electrons. The highest BCUT2D eigenvalue weighted by Crippen LogP contribution is 2.47. The third kappa shape index (κ3) is 3.80. The van der Waals surface area contributed by atoms with Gasteiger partial charge in [0.15, 0.2) is 5.60 Å². The number of aliphatic hydroxyl groups excluding tert-OH is 1. The Morgan fingerprint density at radius 2 is 2.05 bits per heavy atom. The van der Waals surface area contributed by atoms with E-state index in [2.05, 4.69) is 5.32 Å². The van der Waals surface area contributed by atoms with Crippen molar-refractivity contribution >= 4 is 34.4 Å². The monoisotopic (exact) mass is 569 g/mol. The number of esters is 1. The molecule has 0 fully saturated rings. The van der Waals surface area contributed by atoms with Crippen LogP contribution in [0.2, 0.25) is 5.02 Å². The van der Waals surface area contributed by atoms with Crippen molar-refractivity contribution in [1.82, 2.24) is 14.9 Å². The molecule has 2 atom stereocenters. The van der Waals surface area contributed by atoms with Crippen LogP contribution in [0.3, 0.4) is 0 Å². The fourth-order valence-corrected chi connectivity index (χ4v) is 6.66. The standard InChI is InChI=1S/C29H29ClFN3O6/c1-5-29(40-28(2,3)4)16-8-20-25-14(10-34(20)26(37)15(16)12-39-27(29)38)23-18(32-21(36)11-35)7-6-13-22(23)19(33-25)9-17(31)24(13)30/h8-9,18,35H,5-7,10-12H2,1-4H3,(H,32,36)/t18-,29-/m0/s1. The number of amides is 1. The van der Waals surface area contributed by atoms with Crippen molar-refractivity contribution in [3.63, 3.8) is 0 Å². The topological polar surface area (TPSA) is 120 Å². The minimum absolute atomic E-state index is 0.00768. The van der Waals surface area contributed by atoms with Gasteiger partial charge in [-0.1, -0.05) is 18.5 Å². The maximum absolute atomic E-state index is 14.9. The van der Waals surface area contributed by atoms with Crippen LogP contribution in [0.25, 0.3) is 22.3 Å². The summed E-state index contributed by atoms with van der Waals surface area (Å²) in [6.07, 6.45) is 1.07. The largest absolute Gasteiger partial charge is 0.458 e. The van der Waals surface area contributed by atoms with Gasteiger partial charge >= 0.3 is 5.97 Å². The Morgan fingerprint density at radius 1 is 1.30 bits per heavy atom. The van der Waals surface area contributed by atoms with Gasteiger partial charge in [-0.05, 0) is 57.2 Å². The summed E-state index contributed by atoms with van der Waals surface area (Å²) in [5, 5.41) is 12.9. The zero-order chi connectivity index (χ0) is 28.7. The van der Waals surface area contributed by atoms with Crippen LogP contribution in [0.4, 0.5) is 4.39 Å². The van der Waals surface area contributed by atoms with Crippen LogP contribution in [0.5, 0.6) is 0 Å². The first-order chi connectivity index (χ1) is 18.9. The molecular weight excluding hydrogens is 541 g/mol. The quantitative estimate of drug-likeness (QED) is 0.359. The van der Waals surface area contributed by atoms with Gasteiger partial charge in [-0.3, -0.25) is 9.59 Å². The third-order valence-corrected chi connectivity index (χ3v) is 8.38. The number of benzene rings is 1. The molecule has 2 aromatic heterocycles. The number of carbonyl (C=O) groups is 2. The van der Waals surface area contributed by atoms with Crippen LogP contribution in [0.1, 0.15) is 74.4 Å². The molecule has 9 nitrogen and oxygen atoms in total. The van der Waals surface area contributed by atoms with E-state index in [1.165, 1.54) is 6.07 Å². The number of aliphatic hydroxyl groups is 1. The first-order valence-corrected chi connectivity index (χ1v) is 13.7. The number of aryl methyl sites for hydroxylation is 1. The number of pyridine rings is 2. The van der Waals surface area contributed by atoms with Gasteiger partial charge in [0.25, 0.3) is 5.56 Å². The lowest BCUT2D eigenvalue weighted by atomic mass is 9.83. The number of rotatable bonds is 4. The van der Waals surface area contributed by atoms with E-state index >= 15 is 0 Å². The second kappa shape index (κ2) is 9.09. The highest BCUT2D eigenvalue weighted by Gasteiger charge is 2.50. The van der Waals surface area contributed by atoms with Gasteiger partial charge in [-0.25, -0.2) is 14.2 Å². The minimum atomic E-state index is -1.49. The highest BCUT2D eigenvalue weighted by atomic mass is 35.5. The molecule has 0 saturated carbocycles. The van der Waals surface area contributed by atoms with Crippen molar-refractivity contribution in [3.05, 3.63) is 61.1 Å². The summed E-state index contributed by atoms with van der Waals surface area (Å²) in [6, 6.07) is 2.52. The molecule has 11 heteroatoms. The number of cyclic esters (lactones) is 1. The highest BCUT2D eigenvalue weighted by molar-refractivity contribution is 6.32. The Balaban J connectivity index is 1.65. The van der Waals surface area contributed by atoms with Crippen LogP contribution < -0.4 is 10.9 Å². The fourth-order valence-electron chi connectivity index (χ4n) is 6.42. The summed E-state index contributed by atoms with van der Waals surface area (Å²) < 4.78 is 28.3. The predicted molar refractivity (Wildman–Crippen MR) is 144 cm³/mol. The van der Waals surface area contributed by atoms with E-state index in [0.717, 1.165) is 0 Å². The van der Waals surface area contributed by atoms with E-state index in [9.17, 15) is 23.9 Å². The van der Waals surface area contributed by atoms with E-state index in [4.69, 9.17) is 26.1 Å². The van der Waals surface area contributed by atoms with Gasteiger partial charge < -0.3 is 24.5 Å². The van der Waals surface area contributed by atoms with Crippen LogP contribution in [0.15, 0.2) is 16.9 Å². The molecule has 4 heterocycles. The lowest BCUT2D eigenvalue weighted by Gasteiger charge is -2.40. The maximum Gasteiger partial charge on any atom is 0.343 e. The number of carbonyl (C=O) groups excluding carboxylic acids is 2. The molecule has 0 spiro atoms. The van der Waals surface area contributed by atoms with Crippen molar-refractivity contribution in [3.8, 4) is 11.4 Å². The number of halogens is 2. The lowest BCUT2D eigenvalue weighted by molar-refractivity contribution is -0.200. The fraction of sp³-hybridized carbons (Fsp3) is 0.448. The van der Waals surface area contributed by atoms with E-state index in [0.29, 0.717) is 62.9 Å². The molecule has 2 aliphatic heterocycles. The van der Waals surface area contributed by atoms with Gasteiger partial charge in [-0.2, -0.15) is 0 Å². The Labute approximate surface area is 234 Å². The second-order valence-electron chi connectivity index (χ2n) is 11.5. The summed E-state index contributed by atoms with van der Waals surface area (Å²) in [7, 11) is 0. The van der Waals surface area contributed by atoms with Crippen LogP contribution in [-0.4, -0.2) is 38.7 Å². The van der Waals surface area contributed by atoms with E-state index in [1.807, 2.05) is 20.8 Å². The van der Waals surface area contributed by atoms with E-state index in [-0.39, 0.29) is 30.2 Å². The van der Waals surface area contributed by atoms with Crippen molar-refractivity contribution in [2.75, 3.05) is 6.61 Å². The number of nitrogens with one attached hydrogen (secondary N) is 1. The molecule has 0 bridgehead atoms. The summed E-state index contributed by atoms with van der Waals surface area (Å²) in [4.78, 5) is 44.2. The van der Waals surface area contributed by atoms with E-state index < -0.39 is 41.5 Å². The number of nitrogens with zero attached hydrogens (tertiary/aromatic N) is 2. The maximum atomic E-state index is 14.9. The van der Waals surface area contributed by atoms with Gasteiger partial charge in [0.05, 0.1) is 45.7 Å². The molecule has 0 unspecified atom stereocenters. The Hall–Kier alpha value is -3.34. The van der Waals surface area contributed by atoms with Crippen molar-refractivity contribution in [2.24, 2.45) is 0 Å². The van der Waals surface area contributed by atoms with Gasteiger partial charge in [0.1, 0.15) is 19.0 Å². The summed E-state index contributed by atoms with van der Waals surface area (Å²) >= 11 is 6.38. The molecular formula is C29H29ClFN3O6. The van der Waals surface area contributed by atoms with Crippen molar-refractivity contribution < 1.29 is 28.6 Å². The average Bonchev–Trinajstić information content (AvgIpc) is 3.27. The smallest absolute Gasteiger partial charge is 0.343 e.